The van der Waals surface area contributed by atoms with E-state index in [9.17, 15) is 14.4 Å². The fourth-order valence-electron chi connectivity index (χ4n) is 3.79. The van der Waals surface area contributed by atoms with Crippen LogP contribution in [0.15, 0.2) is 42.5 Å². The third-order valence-electron chi connectivity index (χ3n) is 5.38. The number of hydrogen-bond acceptors (Lipinski definition) is 6. The highest BCUT2D eigenvalue weighted by molar-refractivity contribution is 6.02. The van der Waals surface area contributed by atoms with Crippen LogP contribution >= 0.6 is 0 Å². The third-order valence-corrected chi connectivity index (χ3v) is 5.38. The van der Waals surface area contributed by atoms with Crippen LogP contribution in [-0.4, -0.2) is 42.5 Å². The van der Waals surface area contributed by atoms with Crippen LogP contribution in [0.1, 0.15) is 36.7 Å². The molecular formula is C23H23NO6. The lowest BCUT2D eigenvalue weighted by atomic mass is 10.0. The molecule has 3 atom stereocenters. The normalized spacial score (nSPS) is 20.3. The van der Waals surface area contributed by atoms with Crippen molar-refractivity contribution in [3.63, 3.8) is 0 Å². The number of rotatable bonds is 4. The van der Waals surface area contributed by atoms with E-state index in [1.807, 2.05) is 6.07 Å². The molecule has 0 radical (unpaired) electrons. The molecule has 7 heteroatoms. The molecule has 2 aliphatic heterocycles. The van der Waals surface area contributed by atoms with Crippen molar-refractivity contribution in [2.24, 2.45) is 0 Å². The molecule has 0 aliphatic carbocycles. The first-order chi connectivity index (χ1) is 14.3. The summed E-state index contributed by atoms with van der Waals surface area (Å²) < 4.78 is 16.9. The lowest BCUT2D eigenvalue weighted by Crippen LogP contribution is -2.46. The number of fused-ring (bicyclic) bond motifs is 2. The number of Topliss-reactive ketones (excluding diaryl/α,β-unsaturated/α-hetero) is 1. The molecule has 0 spiro atoms. The number of amides is 1. The van der Waals surface area contributed by atoms with E-state index in [1.165, 1.54) is 13.8 Å². The van der Waals surface area contributed by atoms with E-state index < -0.39 is 24.3 Å². The maximum Gasteiger partial charge on any atom is 0.352 e. The maximum absolute atomic E-state index is 12.8. The molecule has 0 bridgehead atoms. The number of ketones is 1. The van der Waals surface area contributed by atoms with Crippen molar-refractivity contribution in [2.75, 3.05) is 11.4 Å². The van der Waals surface area contributed by atoms with E-state index in [1.54, 1.807) is 48.2 Å². The SMILES string of the molecule is CC(=O)N1CCc2cc(C(=O)C(C)OC(=O)C3Oc4ccccc4OC3C)ccc21. The van der Waals surface area contributed by atoms with Crippen molar-refractivity contribution >= 4 is 23.3 Å². The van der Waals surface area contributed by atoms with Gasteiger partial charge in [0, 0.05) is 24.7 Å². The number of carbonyl (C=O) groups excluding carboxylic acids is 3. The summed E-state index contributed by atoms with van der Waals surface area (Å²) in [7, 11) is 0. The molecule has 7 nitrogen and oxygen atoms in total. The van der Waals surface area contributed by atoms with Gasteiger partial charge in [-0.15, -0.1) is 0 Å². The van der Waals surface area contributed by atoms with Crippen molar-refractivity contribution in [3.8, 4) is 11.5 Å². The average Bonchev–Trinajstić information content (AvgIpc) is 3.16. The number of ether oxygens (including phenoxy) is 3. The number of anilines is 1. The summed E-state index contributed by atoms with van der Waals surface area (Å²) in [6.07, 6.45) is -1.80. The highest BCUT2D eigenvalue weighted by Crippen LogP contribution is 2.34. The quantitative estimate of drug-likeness (QED) is 0.570. The molecule has 2 aromatic carbocycles. The average molecular weight is 409 g/mol. The molecule has 0 aromatic heterocycles. The second-order valence-corrected chi connectivity index (χ2v) is 7.52. The minimum absolute atomic E-state index is 0.0273. The van der Waals surface area contributed by atoms with Crippen LogP contribution in [-0.2, 0) is 20.7 Å². The van der Waals surface area contributed by atoms with E-state index in [0.717, 1.165) is 11.3 Å². The molecule has 156 valence electrons. The summed E-state index contributed by atoms with van der Waals surface area (Å²) >= 11 is 0. The van der Waals surface area contributed by atoms with Crippen LogP contribution in [0.3, 0.4) is 0 Å². The largest absolute Gasteiger partial charge is 0.482 e. The highest BCUT2D eigenvalue weighted by Gasteiger charge is 2.37. The first kappa shape index (κ1) is 19.9. The molecular weight excluding hydrogens is 386 g/mol. The summed E-state index contributed by atoms with van der Waals surface area (Å²) in [5.74, 6) is 0.0422. The fraction of sp³-hybridized carbons (Fsp3) is 0.348. The van der Waals surface area contributed by atoms with Crippen molar-refractivity contribution in [3.05, 3.63) is 53.6 Å². The van der Waals surface area contributed by atoms with Crippen molar-refractivity contribution < 1.29 is 28.6 Å². The minimum atomic E-state index is -0.978. The molecule has 3 unspecified atom stereocenters. The van der Waals surface area contributed by atoms with Gasteiger partial charge in [-0.2, -0.15) is 0 Å². The summed E-state index contributed by atoms with van der Waals surface area (Å²) in [4.78, 5) is 38.9. The summed E-state index contributed by atoms with van der Waals surface area (Å²) in [6, 6.07) is 12.3. The molecule has 2 aliphatic rings. The standard InChI is InChI=1S/C23H23NO6/c1-13(21(26)17-8-9-18-16(12-17)10-11-24(18)15(3)25)29-23(27)22-14(2)28-19-6-4-5-7-20(19)30-22/h4-9,12-14,22H,10-11H2,1-3H3. The second kappa shape index (κ2) is 7.82. The van der Waals surface area contributed by atoms with Gasteiger partial charge in [0.05, 0.1) is 0 Å². The van der Waals surface area contributed by atoms with Gasteiger partial charge in [0.1, 0.15) is 6.10 Å². The van der Waals surface area contributed by atoms with Crippen LogP contribution in [0.4, 0.5) is 5.69 Å². The molecule has 0 saturated carbocycles. The van der Waals surface area contributed by atoms with Crippen molar-refractivity contribution in [2.45, 2.75) is 45.5 Å². The Bertz CT molecular complexity index is 1020. The van der Waals surface area contributed by atoms with E-state index in [-0.39, 0.29) is 11.7 Å². The smallest absolute Gasteiger partial charge is 0.352 e. The Kier molecular flexibility index (Phi) is 5.20. The third kappa shape index (κ3) is 3.63. The van der Waals surface area contributed by atoms with Gasteiger partial charge in [0.2, 0.25) is 17.8 Å². The van der Waals surface area contributed by atoms with Gasteiger partial charge in [-0.3, -0.25) is 9.59 Å². The molecule has 30 heavy (non-hydrogen) atoms. The van der Waals surface area contributed by atoms with Crippen LogP contribution < -0.4 is 14.4 Å². The lowest BCUT2D eigenvalue weighted by Gasteiger charge is -2.31. The second-order valence-electron chi connectivity index (χ2n) is 7.52. The summed E-state index contributed by atoms with van der Waals surface area (Å²) in [5.41, 5.74) is 2.20. The summed E-state index contributed by atoms with van der Waals surface area (Å²) in [5, 5.41) is 0. The molecule has 1 amide bonds. The van der Waals surface area contributed by atoms with Gasteiger partial charge >= 0.3 is 5.97 Å². The molecule has 0 N–H and O–H groups in total. The number of carbonyl (C=O) groups is 3. The van der Waals surface area contributed by atoms with Crippen molar-refractivity contribution in [1.82, 2.24) is 0 Å². The molecule has 0 saturated heterocycles. The monoisotopic (exact) mass is 409 g/mol. The zero-order valence-corrected chi connectivity index (χ0v) is 17.1. The van der Waals surface area contributed by atoms with Gasteiger partial charge < -0.3 is 19.1 Å². The first-order valence-corrected chi connectivity index (χ1v) is 9.93. The van der Waals surface area contributed by atoms with Crippen molar-refractivity contribution in [1.29, 1.82) is 0 Å². The first-order valence-electron chi connectivity index (χ1n) is 9.93. The Morgan fingerprint density at radius 2 is 1.80 bits per heavy atom. The Morgan fingerprint density at radius 3 is 2.50 bits per heavy atom. The van der Waals surface area contributed by atoms with E-state index in [2.05, 4.69) is 0 Å². The topological polar surface area (TPSA) is 82.1 Å². The number of hydrogen-bond donors (Lipinski definition) is 0. The zero-order chi connectivity index (χ0) is 21.4. The van der Waals surface area contributed by atoms with Gasteiger partial charge in [-0.25, -0.2) is 4.79 Å². The Balaban J connectivity index is 1.44. The minimum Gasteiger partial charge on any atom is -0.482 e. The zero-order valence-electron chi connectivity index (χ0n) is 17.1. The predicted molar refractivity (Wildman–Crippen MR) is 109 cm³/mol. The van der Waals surface area contributed by atoms with Crippen LogP contribution in [0, 0.1) is 0 Å². The Hall–Kier alpha value is -3.35. The number of nitrogens with zero attached hydrogens (tertiary/aromatic N) is 1. The molecule has 2 aromatic rings. The van der Waals surface area contributed by atoms with E-state index in [4.69, 9.17) is 14.2 Å². The number of esters is 1. The Morgan fingerprint density at radius 1 is 1.10 bits per heavy atom. The lowest BCUT2D eigenvalue weighted by molar-refractivity contribution is -0.160. The van der Waals surface area contributed by atoms with Crippen LogP contribution in [0.5, 0.6) is 11.5 Å². The molecule has 2 heterocycles. The highest BCUT2D eigenvalue weighted by atomic mass is 16.6. The van der Waals surface area contributed by atoms with Gasteiger partial charge in [-0.05, 0) is 56.2 Å². The number of benzene rings is 2. The predicted octanol–water partition coefficient (Wildman–Crippen LogP) is 2.94. The maximum atomic E-state index is 12.8. The molecule has 4 rings (SSSR count). The molecule has 0 fully saturated rings. The van der Waals surface area contributed by atoms with E-state index >= 15 is 0 Å². The number of para-hydroxylation sites is 2. The van der Waals surface area contributed by atoms with Gasteiger partial charge in [0.25, 0.3) is 0 Å². The van der Waals surface area contributed by atoms with Gasteiger partial charge in [0.15, 0.2) is 17.6 Å². The van der Waals surface area contributed by atoms with Crippen LogP contribution in [0.25, 0.3) is 0 Å². The van der Waals surface area contributed by atoms with E-state index in [0.29, 0.717) is 30.0 Å². The fourth-order valence-corrected chi connectivity index (χ4v) is 3.79. The van der Waals surface area contributed by atoms with Crippen LogP contribution in [0.2, 0.25) is 0 Å². The summed E-state index contributed by atoms with van der Waals surface area (Å²) in [6.45, 7) is 5.38. The Labute approximate surface area is 174 Å². The van der Waals surface area contributed by atoms with Gasteiger partial charge in [-0.1, -0.05) is 12.1 Å².